The second kappa shape index (κ2) is 12.0. The molecule has 0 spiro atoms. The van der Waals surface area contributed by atoms with Crippen LogP contribution in [0.1, 0.15) is 31.8 Å². The van der Waals surface area contributed by atoms with E-state index < -0.39 is 96.3 Å². The van der Waals surface area contributed by atoms with Gasteiger partial charge in [-0.15, -0.1) is 0 Å². The standard InChI is InChI=1S/C25H11BrCl2F12N2O2/c1-42(21(44)9-5-14(27)18(30)15(28)6-9)16-4-2-3-11(17(16)29)20(43)41-19-12(23(32,33)34)7-10(8-13(19)26)22(31,24(35,36)37)25(38,39)40/h2-8H,1H3,(H,41,43). The number of nitrogens with one attached hydrogen (secondary N) is 1. The lowest BCUT2D eigenvalue weighted by Gasteiger charge is -2.31. The Morgan fingerprint density at radius 1 is 0.818 bits per heavy atom. The van der Waals surface area contributed by atoms with Gasteiger partial charge in [-0.1, -0.05) is 29.3 Å². The van der Waals surface area contributed by atoms with Crippen LogP contribution in [0, 0.1) is 11.6 Å². The Bertz CT molecular complexity index is 1600. The van der Waals surface area contributed by atoms with Gasteiger partial charge in [-0.2, -0.15) is 39.5 Å². The van der Waals surface area contributed by atoms with Gasteiger partial charge in [-0.25, -0.2) is 13.2 Å². The number of rotatable bonds is 5. The molecule has 238 valence electrons. The number of alkyl halides is 10. The minimum absolute atomic E-state index is 0.274. The van der Waals surface area contributed by atoms with Gasteiger partial charge in [-0.3, -0.25) is 9.59 Å². The molecule has 4 nitrogen and oxygen atoms in total. The molecule has 0 heterocycles. The lowest BCUT2D eigenvalue weighted by molar-refractivity contribution is -0.348. The highest BCUT2D eigenvalue weighted by atomic mass is 79.9. The fourth-order valence-corrected chi connectivity index (χ4v) is 4.81. The summed E-state index contributed by atoms with van der Waals surface area (Å²) < 4.78 is 163. The average Bonchev–Trinajstić information content (AvgIpc) is 2.89. The van der Waals surface area contributed by atoms with Crippen molar-refractivity contribution in [1.29, 1.82) is 0 Å². The van der Waals surface area contributed by atoms with Gasteiger partial charge in [0.05, 0.1) is 32.5 Å². The number of nitrogens with zero attached hydrogens (tertiary/aromatic N) is 1. The third-order valence-electron chi connectivity index (χ3n) is 5.93. The van der Waals surface area contributed by atoms with Gasteiger partial charge in [-0.05, 0) is 52.3 Å². The first-order valence-corrected chi connectivity index (χ1v) is 12.7. The molecule has 44 heavy (non-hydrogen) atoms. The first-order chi connectivity index (χ1) is 19.9. The number of hydrogen-bond donors (Lipinski definition) is 1. The molecule has 0 atom stereocenters. The Morgan fingerprint density at radius 2 is 1.34 bits per heavy atom. The molecule has 0 fully saturated rings. The summed E-state index contributed by atoms with van der Waals surface area (Å²) in [5, 5.41) is 0.389. The van der Waals surface area contributed by atoms with E-state index in [4.69, 9.17) is 23.2 Å². The molecule has 0 aromatic heterocycles. The number of halogens is 15. The number of amides is 2. The zero-order valence-corrected chi connectivity index (χ0v) is 24.1. The Hall–Kier alpha value is -3.18. The predicted molar refractivity (Wildman–Crippen MR) is 138 cm³/mol. The van der Waals surface area contributed by atoms with E-state index >= 15 is 4.39 Å². The molecule has 1 N–H and O–H groups in total. The van der Waals surface area contributed by atoms with Crippen molar-refractivity contribution < 1.29 is 62.3 Å². The van der Waals surface area contributed by atoms with E-state index in [2.05, 4.69) is 15.9 Å². The van der Waals surface area contributed by atoms with E-state index in [1.54, 1.807) is 0 Å². The first kappa shape index (κ1) is 35.3. The van der Waals surface area contributed by atoms with Crippen LogP contribution in [0.4, 0.5) is 64.1 Å². The molecule has 0 radical (unpaired) electrons. The SMILES string of the molecule is CN(C(=O)c1cc(Cl)c(F)c(Cl)c1)c1cccc(C(=O)Nc2c(Br)cc(C(F)(C(F)(F)F)C(F)(F)F)cc2C(F)(F)F)c1F. The van der Waals surface area contributed by atoms with E-state index in [1.807, 2.05) is 0 Å². The summed E-state index contributed by atoms with van der Waals surface area (Å²) in [7, 11) is 0.981. The van der Waals surface area contributed by atoms with Gasteiger partial charge < -0.3 is 10.2 Å². The van der Waals surface area contributed by atoms with E-state index in [0.717, 1.165) is 31.3 Å². The summed E-state index contributed by atoms with van der Waals surface area (Å²) in [6.45, 7) is 0. The van der Waals surface area contributed by atoms with Crippen molar-refractivity contribution in [3.05, 3.63) is 90.9 Å². The normalized spacial score (nSPS) is 12.7. The Morgan fingerprint density at radius 3 is 1.82 bits per heavy atom. The first-order valence-electron chi connectivity index (χ1n) is 11.2. The maximum absolute atomic E-state index is 15.4. The van der Waals surface area contributed by atoms with Gasteiger partial charge in [0.2, 0.25) is 0 Å². The summed E-state index contributed by atoms with van der Waals surface area (Å²) >= 11 is 13.6. The number of anilines is 2. The summed E-state index contributed by atoms with van der Waals surface area (Å²) in [6, 6.07) is 3.25. The quantitative estimate of drug-likeness (QED) is 0.209. The highest BCUT2D eigenvalue weighted by Gasteiger charge is 2.73. The summed E-state index contributed by atoms with van der Waals surface area (Å²) in [4.78, 5) is 26.3. The molecule has 0 saturated heterocycles. The van der Waals surface area contributed by atoms with Crippen molar-refractivity contribution in [3.8, 4) is 0 Å². The third-order valence-corrected chi connectivity index (χ3v) is 7.11. The van der Waals surface area contributed by atoms with Gasteiger partial charge in [0.25, 0.3) is 11.8 Å². The van der Waals surface area contributed by atoms with Crippen LogP contribution in [0.3, 0.4) is 0 Å². The highest BCUT2D eigenvalue weighted by Crippen LogP contribution is 2.55. The Kier molecular flexibility index (Phi) is 9.60. The van der Waals surface area contributed by atoms with Crippen molar-refractivity contribution in [3.63, 3.8) is 0 Å². The number of carbonyl (C=O) groups excluding carboxylic acids is 2. The van der Waals surface area contributed by atoms with Crippen LogP contribution >= 0.6 is 39.1 Å². The zero-order valence-electron chi connectivity index (χ0n) is 21.0. The number of carbonyl (C=O) groups is 2. The van der Waals surface area contributed by atoms with Gasteiger partial charge in [0, 0.05) is 22.6 Å². The molecule has 0 unspecified atom stereocenters. The van der Waals surface area contributed by atoms with E-state index in [0.29, 0.717) is 11.0 Å². The average molecular weight is 750 g/mol. The molecular weight excluding hydrogens is 739 g/mol. The van der Waals surface area contributed by atoms with Gasteiger partial charge in [0.1, 0.15) is 0 Å². The topological polar surface area (TPSA) is 49.4 Å². The van der Waals surface area contributed by atoms with Crippen LogP contribution in [0.5, 0.6) is 0 Å². The lowest BCUT2D eigenvalue weighted by atomic mass is 9.92. The molecule has 0 aliphatic heterocycles. The third kappa shape index (κ3) is 6.44. The summed E-state index contributed by atoms with van der Waals surface area (Å²) in [5.74, 6) is -5.36. The van der Waals surface area contributed by atoms with Crippen molar-refractivity contribution in [2.24, 2.45) is 0 Å². The highest BCUT2D eigenvalue weighted by molar-refractivity contribution is 9.10. The van der Waals surface area contributed by atoms with Crippen LogP contribution in [-0.4, -0.2) is 31.2 Å². The fraction of sp³-hybridized carbons (Fsp3) is 0.200. The molecule has 3 aromatic carbocycles. The Balaban J connectivity index is 2.08. The second-order valence-corrected chi connectivity index (χ2v) is 10.4. The molecular formula is C25H11BrCl2F12N2O2. The minimum atomic E-state index is -6.75. The fourth-order valence-electron chi connectivity index (χ4n) is 3.76. The smallest absolute Gasteiger partial charge is 0.320 e. The summed E-state index contributed by atoms with van der Waals surface area (Å²) in [5.41, 5.74) is -14.7. The van der Waals surface area contributed by atoms with Crippen molar-refractivity contribution in [1.82, 2.24) is 0 Å². The molecule has 2 amide bonds. The Labute approximate surface area is 256 Å². The maximum atomic E-state index is 15.4. The molecule has 0 bridgehead atoms. The van der Waals surface area contributed by atoms with Gasteiger partial charge in [0.15, 0.2) is 11.6 Å². The minimum Gasteiger partial charge on any atom is -0.320 e. The lowest BCUT2D eigenvalue weighted by Crippen LogP contribution is -2.50. The maximum Gasteiger partial charge on any atom is 0.435 e. The largest absolute Gasteiger partial charge is 0.435 e. The zero-order chi connectivity index (χ0) is 33.7. The van der Waals surface area contributed by atoms with E-state index in [1.165, 1.54) is 5.32 Å². The second-order valence-electron chi connectivity index (χ2n) is 8.74. The molecule has 0 saturated carbocycles. The van der Waals surface area contributed by atoms with Crippen LogP contribution < -0.4 is 10.2 Å². The molecule has 19 heteroatoms. The molecule has 0 aliphatic carbocycles. The molecule has 0 aliphatic rings. The molecule has 3 rings (SSSR count). The van der Waals surface area contributed by atoms with Crippen molar-refractivity contribution in [2.75, 3.05) is 17.3 Å². The molecule has 3 aromatic rings. The van der Waals surface area contributed by atoms with Crippen molar-refractivity contribution in [2.45, 2.75) is 24.2 Å². The monoisotopic (exact) mass is 748 g/mol. The van der Waals surface area contributed by atoms with Crippen LogP contribution in [0.25, 0.3) is 0 Å². The van der Waals surface area contributed by atoms with E-state index in [9.17, 15) is 57.9 Å². The van der Waals surface area contributed by atoms with Crippen molar-refractivity contribution >= 4 is 62.3 Å². The van der Waals surface area contributed by atoms with Crippen LogP contribution in [-0.2, 0) is 11.8 Å². The van der Waals surface area contributed by atoms with E-state index in [-0.39, 0.29) is 11.6 Å². The number of hydrogen-bond acceptors (Lipinski definition) is 2. The van der Waals surface area contributed by atoms with Gasteiger partial charge >= 0.3 is 24.2 Å². The predicted octanol–water partition coefficient (Wildman–Crippen LogP) is 9.87. The summed E-state index contributed by atoms with van der Waals surface area (Å²) in [6.07, 6.45) is -19.3. The number of benzene rings is 3. The van der Waals surface area contributed by atoms with Crippen LogP contribution in [0.2, 0.25) is 10.0 Å². The van der Waals surface area contributed by atoms with Crippen LogP contribution in [0.15, 0.2) is 46.9 Å².